The number of rotatable bonds is 1. The van der Waals surface area contributed by atoms with Gasteiger partial charge in [0.05, 0.1) is 0 Å². The van der Waals surface area contributed by atoms with Crippen LogP contribution in [0, 0.1) is 6.92 Å². The van der Waals surface area contributed by atoms with Gasteiger partial charge in [-0.05, 0) is 48.2 Å². The maximum Gasteiger partial charge on any atom is 0.224 e. The van der Waals surface area contributed by atoms with E-state index < -0.39 is 0 Å². The second-order valence-corrected chi connectivity index (χ2v) is 4.62. The third kappa shape index (κ3) is 1.88. The van der Waals surface area contributed by atoms with Crippen LogP contribution in [0.2, 0.25) is 0 Å². The Morgan fingerprint density at radius 1 is 1.22 bits per heavy atom. The summed E-state index contributed by atoms with van der Waals surface area (Å²) in [6.45, 7) is 2.03. The van der Waals surface area contributed by atoms with E-state index in [-0.39, 0.29) is 5.91 Å². The van der Waals surface area contributed by atoms with Crippen LogP contribution in [0.15, 0.2) is 36.7 Å². The van der Waals surface area contributed by atoms with Gasteiger partial charge in [-0.3, -0.25) is 9.78 Å². The average Bonchev–Trinajstić information content (AvgIpc) is 2.40. The largest absolute Gasteiger partial charge is 0.326 e. The predicted molar refractivity (Wildman–Crippen MR) is 71.4 cm³/mol. The zero-order valence-electron chi connectivity index (χ0n) is 10.2. The first-order valence-corrected chi connectivity index (χ1v) is 6.08. The first kappa shape index (κ1) is 11.0. The van der Waals surface area contributed by atoms with Gasteiger partial charge in [-0.1, -0.05) is 6.07 Å². The second-order valence-electron chi connectivity index (χ2n) is 4.62. The zero-order chi connectivity index (χ0) is 12.5. The number of nitrogens with zero attached hydrogens (tertiary/aromatic N) is 1. The van der Waals surface area contributed by atoms with Crippen LogP contribution >= 0.6 is 0 Å². The zero-order valence-corrected chi connectivity index (χ0v) is 10.2. The minimum atomic E-state index is 0.111. The second kappa shape index (κ2) is 4.26. The molecule has 1 N–H and O–H groups in total. The van der Waals surface area contributed by atoms with Gasteiger partial charge in [-0.2, -0.15) is 0 Å². The smallest absolute Gasteiger partial charge is 0.224 e. The third-order valence-electron chi connectivity index (χ3n) is 3.30. The van der Waals surface area contributed by atoms with Crippen molar-refractivity contribution in [3.63, 3.8) is 0 Å². The molecule has 1 aliphatic heterocycles. The Morgan fingerprint density at radius 3 is 2.89 bits per heavy atom. The summed E-state index contributed by atoms with van der Waals surface area (Å²) < 4.78 is 0. The molecule has 0 radical (unpaired) electrons. The maximum absolute atomic E-state index is 11.4. The molecule has 0 spiro atoms. The summed E-state index contributed by atoms with van der Waals surface area (Å²) in [5.41, 5.74) is 5.59. The van der Waals surface area contributed by atoms with Crippen LogP contribution in [0.3, 0.4) is 0 Å². The molecule has 0 fully saturated rings. The molecule has 1 aromatic heterocycles. The van der Waals surface area contributed by atoms with Crippen LogP contribution in [0.4, 0.5) is 5.69 Å². The van der Waals surface area contributed by atoms with E-state index in [9.17, 15) is 4.79 Å². The summed E-state index contributed by atoms with van der Waals surface area (Å²) in [7, 11) is 0. The highest BCUT2D eigenvalue weighted by atomic mass is 16.1. The normalized spacial score (nSPS) is 13.9. The summed E-state index contributed by atoms with van der Waals surface area (Å²) in [6, 6.07) is 8.24. The standard InChI is InChI=1S/C15H14N2O/c1-10-7-13(12-3-2-6-16-9-12)8-11-4-5-14(18)17-15(10)11/h2-3,6-9H,4-5H2,1H3,(H,17,18). The van der Waals surface area contributed by atoms with Crippen molar-refractivity contribution >= 4 is 11.6 Å². The summed E-state index contributed by atoms with van der Waals surface area (Å²) in [5, 5.41) is 2.95. The Balaban J connectivity index is 2.10. The Hall–Kier alpha value is -2.16. The van der Waals surface area contributed by atoms with Gasteiger partial charge in [0.2, 0.25) is 5.91 Å². The number of carbonyl (C=O) groups is 1. The van der Waals surface area contributed by atoms with Crippen LogP contribution in [-0.4, -0.2) is 10.9 Å². The molecule has 0 aliphatic carbocycles. The molecule has 3 nitrogen and oxygen atoms in total. The van der Waals surface area contributed by atoms with Crippen LogP contribution in [0.25, 0.3) is 11.1 Å². The molecule has 3 heteroatoms. The van der Waals surface area contributed by atoms with Gasteiger partial charge < -0.3 is 5.32 Å². The van der Waals surface area contributed by atoms with Gasteiger partial charge in [-0.25, -0.2) is 0 Å². The number of aromatic nitrogens is 1. The molecular weight excluding hydrogens is 224 g/mol. The molecular formula is C15H14N2O. The van der Waals surface area contributed by atoms with Crippen LogP contribution < -0.4 is 5.32 Å². The number of aryl methyl sites for hydroxylation is 2. The van der Waals surface area contributed by atoms with E-state index in [1.54, 1.807) is 6.20 Å². The topological polar surface area (TPSA) is 42.0 Å². The Morgan fingerprint density at radius 2 is 2.11 bits per heavy atom. The van der Waals surface area contributed by atoms with E-state index in [0.29, 0.717) is 6.42 Å². The molecule has 1 aromatic carbocycles. The van der Waals surface area contributed by atoms with Crippen LogP contribution in [0.5, 0.6) is 0 Å². The highest BCUT2D eigenvalue weighted by Crippen LogP contribution is 2.31. The maximum atomic E-state index is 11.4. The number of benzene rings is 1. The first-order valence-electron chi connectivity index (χ1n) is 6.08. The highest BCUT2D eigenvalue weighted by molar-refractivity contribution is 5.95. The Labute approximate surface area is 106 Å². The third-order valence-corrected chi connectivity index (χ3v) is 3.30. The number of nitrogens with one attached hydrogen (secondary N) is 1. The van der Waals surface area contributed by atoms with Crippen molar-refractivity contribution in [3.05, 3.63) is 47.8 Å². The number of carbonyl (C=O) groups excluding carboxylic acids is 1. The number of amides is 1. The molecule has 18 heavy (non-hydrogen) atoms. The van der Waals surface area contributed by atoms with Gasteiger partial charge in [0, 0.05) is 30.1 Å². The van der Waals surface area contributed by atoms with Crippen LogP contribution in [0.1, 0.15) is 17.5 Å². The lowest BCUT2D eigenvalue weighted by Gasteiger charge is -2.20. The monoisotopic (exact) mass is 238 g/mol. The number of hydrogen-bond acceptors (Lipinski definition) is 2. The lowest BCUT2D eigenvalue weighted by Crippen LogP contribution is -2.19. The molecule has 3 rings (SSSR count). The molecule has 0 saturated heterocycles. The molecule has 0 unspecified atom stereocenters. The summed E-state index contributed by atoms with van der Waals surface area (Å²) in [6.07, 6.45) is 5.02. The quantitative estimate of drug-likeness (QED) is 0.830. The molecule has 2 aromatic rings. The van der Waals surface area contributed by atoms with E-state index >= 15 is 0 Å². The minimum Gasteiger partial charge on any atom is -0.326 e. The van der Waals surface area contributed by atoms with Crippen molar-refractivity contribution in [1.29, 1.82) is 0 Å². The van der Waals surface area contributed by atoms with Gasteiger partial charge in [-0.15, -0.1) is 0 Å². The van der Waals surface area contributed by atoms with E-state index in [1.165, 1.54) is 5.56 Å². The molecule has 1 aliphatic rings. The minimum absolute atomic E-state index is 0.111. The van der Waals surface area contributed by atoms with Crippen molar-refractivity contribution in [2.75, 3.05) is 5.32 Å². The summed E-state index contributed by atoms with van der Waals surface area (Å²) >= 11 is 0. The number of anilines is 1. The first-order chi connectivity index (χ1) is 8.74. The fourth-order valence-electron chi connectivity index (χ4n) is 2.39. The molecule has 2 heterocycles. The SMILES string of the molecule is Cc1cc(-c2cccnc2)cc2c1NC(=O)CC2. The number of fused-ring (bicyclic) bond motifs is 1. The van der Waals surface area contributed by atoms with Crippen molar-refractivity contribution in [2.45, 2.75) is 19.8 Å². The van der Waals surface area contributed by atoms with Crippen molar-refractivity contribution in [1.82, 2.24) is 4.98 Å². The van der Waals surface area contributed by atoms with E-state index in [4.69, 9.17) is 0 Å². The lowest BCUT2D eigenvalue weighted by molar-refractivity contribution is -0.116. The Bertz CT molecular complexity index is 605. The molecule has 0 saturated carbocycles. The van der Waals surface area contributed by atoms with E-state index in [1.807, 2.05) is 19.2 Å². The van der Waals surface area contributed by atoms with E-state index in [0.717, 1.165) is 28.8 Å². The van der Waals surface area contributed by atoms with Gasteiger partial charge >= 0.3 is 0 Å². The fourth-order valence-corrected chi connectivity index (χ4v) is 2.39. The lowest BCUT2D eigenvalue weighted by atomic mass is 9.94. The molecule has 0 atom stereocenters. The number of pyridine rings is 1. The highest BCUT2D eigenvalue weighted by Gasteiger charge is 2.17. The molecule has 0 bridgehead atoms. The number of hydrogen-bond donors (Lipinski definition) is 1. The van der Waals surface area contributed by atoms with Gasteiger partial charge in [0.25, 0.3) is 0 Å². The fraction of sp³-hybridized carbons (Fsp3) is 0.200. The Kier molecular flexibility index (Phi) is 2.59. The summed E-state index contributed by atoms with van der Waals surface area (Å²) in [4.78, 5) is 15.6. The van der Waals surface area contributed by atoms with Gasteiger partial charge in [0.1, 0.15) is 0 Å². The van der Waals surface area contributed by atoms with Crippen molar-refractivity contribution in [3.8, 4) is 11.1 Å². The van der Waals surface area contributed by atoms with Crippen molar-refractivity contribution in [2.24, 2.45) is 0 Å². The van der Waals surface area contributed by atoms with E-state index in [2.05, 4.69) is 28.5 Å². The predicted octanol–water partition coefficient (Wildman–Crippen LogP) is 2.94. The van der Waals surface area contributed by atoms with Crippen molar-refractivity contribution < 1.29 is 4.79 Å². The molecule has 1 amide bonds. The molecule has 90 valence electrons. The van der Waals surface area contributed by atoms with Crippen LogP contribution in [-0.2, 0) is 11.2 Å². The van der Waals surface area contributed by atoms with Gasteiger partial charge in [0.15, 0.2) is 0 Å². The average molecular weight is 238 g/mol. The summed E-state index contributed by atoms with van der Waals surface area (Å²) in [5.74, 6) is 0.111.